The number of hydrogen-bond donors (Lipinski definition) is 2. The third-order valence-electron chi connectivity index (χ3n) is 4.30. The Morgan fingerprint density at radius 2 is 2.00 bits per heavy atom. The molecule has 1 aliphatic carbocycles. The number of nitrogens with zero attached hydrogens (tertiary/aromatic N) is 4. The first-order valence-electron chi connectivity index (χ1n) is 8.26. The molecule has 0 saturated heterocycles. The van der Waals surface area contributed by atoms with E-state index in [9.17, 15) is 18.0 Å². The Bertz CT molecular complexity index is 751. The fraction of sp³-hybridized carbons (Fsp3) is 0.600. The second-order valence-electron chi connectivity index (χ2n) is 6.32. The Kier molecular flexibility index (Phi) is 5.56. The number of alkyl halides is 3. The van der Waals surface area contributed by atoms with Crippen molar-refractivity contribution >= 4 is 17.4 Å². The van der Waals surface area contributed by atoms with Crippen molar-refractivity contribution in [3.8, 4) is 5.95 Å². The van der Waals surface area contributed by atoms with Gasteiger partial charge in [0.1, 0.15) is 6.33 Å². The zero-order valence-electron chi connectivity index (χ0n) is 14.1. The quantitative estimate of drug-likeness (QED) is 0.821. The number of hydrogen-bond acceptors (Lipinski definition) is 6. The lowest BCUT2D eigenvalue weighted by Gasteiger charge is -2.29. The molecule has 0 radical (unpaired) electrons. The second-order valence-corrected chi connectivity index (χ2v) is 7.07. The highest BCUT2D eigenvalue weighted by Crippen LogP contribution is 2.21. The third-order valence-corrected chi connectivity index (χ3v) is 5.01. The standard InChI is InChI=1S/C15H19F3N6OS/c1-9-6-19-8-24(9)14-22-13(26-23-14)12(25)21-11-4-2-10(3-5-11)20-7-15(16,17)18/h6,8,10-11,20H,2-5,7H2,1H3,(H,21,25). The molecule has 0 unspecified atom stereocenters. The summed E-state index contributed by atoms with van der Waals surface area (Å²) in [5.41, 5.74) is 0.861. The predicted molar refractivity (Wildman–Crippen MR) is 89.3 cm³/mol. The summed E-state index contributed by atoms with van der Waals surface area (Å²) in [4.78, 5) is 20.6. The number of carbonyl (C=O) groups excluding carboxylic acids is 1. The molecule has 11 heteroatoms. The lowest BCUT2D eigenvalue weighted by atomic mass is 9.91. The molecule has 1 saturated carbocycles. The summed E-state index contributed by atoms with van der Waals surface area (Å²) in [7, 11) is 0. The molecular weight excluding hydrogens is 369 g/mol. The van der Waals surface area contributed by atoms with Crippen LogP contribution in [0.15, 0.2) is 12.5 Å². The molecule has 0 aromatic carbocycles. The van der Waals surface area contributed by atoms with Gasteiger partial charge in [-0.3, -0.25) is 9.36 Å². The van der Waals surface area contributed by atoms with E-state index in [1.54, 1.807) is 17.1 Å². The number of amides is 1. The fourth-order valence-electron chi connectivity index (χ4n) is 2.93. The fourth-order valence-corrected chi connectivity index (χ4v) is 3.49. The SMILES string of the molecule is Cc1cncn1-c1nsc(C(=O)NC2CCC(NCC(F)(F)F)CC2)n1. The van der Waals surface area contributed by atoms with Crippen LogP contribution in [-0.2, 0) is 0 Å². The molecule has 7 nitrogen and oxygen atoms in total. The predicted octanol–water partition coefficient (Wildman–Crippen LogP) is 2.23. The summed E-state index contributed by atoms with van der Waals surface area (Å²) in [5, 5.41) is 5.68. The molecule has 2 aromatic rings. The Morgan fingerprint density at radius 3 is 2.62 bits per heavy atom. The lowest BCUT2D eigenvalue weighted by molar-refractivity contribution is -0.126. The van der Waals surface area contributed by atoms with Crippen LogP contribution < -0.4 is 10.6 Å². The first-order valence-corrected chi connectivity index (χ1v) is 9.03. The van der Waals surface area contributed by atoms with Crippen LogP contribution in [0.5, 0.6) is 0 Å². The van der Waals surface area contributed by atoms with Crippen molar-refractivity contribution in [3.05, 3.63) is 23.2 Å². The van der Waals surface area contributed by atoms with Crippen LogP contribution in [0.3, 0.4) is 0 Å². The summed E-state index contributed by atoms with van der Waals surface area (Å²) in [6.07, 6.45) is 1.50. The molecule has 0 atom stereocenters. The number of carbonyl (C=O) groups is 1. The largest absolute Gasteiger partial charge is 0.401 e. The minimum atomic E-state index is -4.20. The van der Waals surface area contributed by atoms with Crippen LogP contribution in [0.4, 0.5) is 13.2 Å². The molecule has 0 aliphatic heterocycles. The van der Waals surface area contributed by atoms with E-state index in [-0.39, 0.29) is 23.0 Å². The van der Waals surface area contributed by atoms with E-state index < -0.39 is 12.7 Å². The average Bonchev–Trinajstić information content (AvgIpc) is 3.22. The van der Waals surface area contributed by atoms with Gasteiger partial charge in [-0.15, -0.1) is 0 Å². The highest BCUT2D eigenvalue weighted by Gasteiger charge is 2.30. The van der Waals surface area contributed by atoms with Gasteiger partial charge in [-0.1, -0.05) is 0 Å². The van der Waals surface area contributed by atoms with Gasteiger partial charge in [0.15, 0.2) is 0 Å². The summed E-state index contributed by atoms with van der Waals surface area (Å²) in [6, 6.07) is -0.226. The molecule has 2 aromatic heterocycles. The number of aryl methyl sites for hydroxylation is 1. The minimum absolute atomic E-state index is 0.0613. The Balaban J connectivity index is 1.49. The first kappa shape index (κ1) is 18.8. The van der Waals surface area contributed by atoms with Crippen molar-refractivity contribution in [2.45, 2.75) is 50.9 Å². The Morgan fingerprint density at radius 1 is 1.31 bits per heavy atom. The zero-order chi connectivity index (χ0) is 18.7. The number of rotatable bonds is 5. The summed E-state index contributed by atoms with van der Waals surface area (Å²) >= 11 is 1.01. The van der Waals surface area contributed by atoms with E-state index in [0.29, 0.717) is 31.6 Å². The summed E-state index contributed by atoms with van der Waals surface area (Å²) < 4.78 is 42.6. The van der Waals surface area contributed by atoms with Gasteiger partial charge in [0.25, 0.3) is 5.91 Å². The highest BCUT2D eigenvalue weighted by atomic mass is 32.1. The van der Waals surface area contributed by atoms with Gasteiger partial charge in [-0.2, -0.15) is 22.5 Å². The van der Waals surface area contributed by atoms with Crippen molar-refractivity contribution in [1.82, 2.24) is 29.5 Å². The molecule has 1 fully saturated rings. The van der Waals surface area contributed by atoms with Gasteiger partial charge in [0.05, 0.1) is 6.54 Å². The topological polar surface area (TPSA) is 84.7 Å². The van der Waals surface area contributed by atoms with Crippen molar-refractivity contribution in [1.29, 1.82) is 0 Å². The minimum Gasteiger partial charge on any atom is -0.347 e. The van der Waals surface area contributed by atoms with E-state index in [2.05, 4.69) is 25.0 Å². The molecule has 0 spiro atoms. The summed E-state index contributed by atoms with van der Waals surface area (Å²) in [6.45, 7) is 0.884. The number of aromatic nitrogens is 4. The molecular formula is C15H19F3N6OS. The monoisotopic (exact) mass is 388 g/mol. The number of nitrogens with one attached hydrogen (secondary N) is 2. The highest BCUT2D eigenvalue weighted by molar-refractivity contribution is 7.07. The number of imidazole rings is 1. The second kappa shape index (κ2) is 7.70. The molecule has 1 amide bonds. The normalized spacial score (nSPS) is 20.9. The molecule has 2 N–H and O–H groups in total. The van der Waals surface area contributed by atoms with Crippen molar-refractivity contribution in [2.75, 3.05) is 6.54 Å². The maximum Gasteiger partial charge on any atom is 0.401 e. The van der Waals surface area contributed by atoms with E-state index in [4.69, 9.17) is 0 Å². The van der Waals surface area contributed by atoms with Crippen molar-refractivity contribution in [3.63, 3.8) is 0 Å². The van der Waals surface area contributed by atoms with Gasteiger partial charge >= 0.3 is 6.18 Å². The molecule has 142 valence electrons. The zero-order valence-corrected chi connectivity index (χ0v) is 14.9. The van der Waals surface area contributed by atoms with Crippen LogP contribution in [0.2, 0.25) is 0 Å². The van der Waals surface area contributed by atoms with Crippen LogP contribution in [0.1, 0.15) is 41.2 Å². The van der Waals surface area contributed by atoms with Crippen molar-refractivity contribution in [2.24, 2.45) is 0 Å². The van der Waals surface area contributed by atoms with Gasteiger partial charge in [-0.25, -0.2) is 4.98 Å². The molecule has 26 heavy (non-hydrogen) atoms. The summed E-state index contributed by atoms with van der Waals surface area (Å²) in [5.74, 6) is 0.0911. The van der Waals surface area contributed by atoms with Crippen LogP contribution in [0.25, 0.3) is 5.95 Å². The van der Waals surface area contributed by atoms with E-state index in [1.165, 1.54) is 0 Å². The smallest absolute Gasteiger partial charge is 0.347 e. The molecule has 0 bridgehead atoms. The third kappa shape index (κ3) is 4.79. The van der Waals surface area contributed by atoms with Gasteiger partial charge in [0.2, 0.25) is 11.0 Å². The maximum absolute atomic E-state index is 12.3. The molecule has 2 heterocycles. The van der Waals surface area contributed by atoms with E-state index in [0.717, 1.165) is 17.2 Å². The van der Waals surface area contributed by atoms with Crippen molar-refractivity contribution < 1.29 is 18.0 Å². The lowest BCUT2D eigenvalue weighted by Crippen LogP contribution is -2.44. The van der Waals surface area contributed by atoms with Crippen LogP contribution in [-0.4, -0.2) is 49.6 Å². The number of halogens is 3. The average molecular weight is 388 g/mol. The van der Waals surface area contributed by atoms with E-state index >= 15 is 0 Å². The first-order chi connectivity index (χ1) is 12.3. The van der Waals surface area contributed by atoms with Crippen LogP contribution in [0, 0.1) is 6.92 Å². The van der Waals surface area contributed by atoms with Gasteiger partial charge < -0.3 is 10.6 Å². The van der Waals surface area contributed by atoms with E-state index in [1.807, 2.05) is 6.92 Å². The van der Waals surface area contributed by atoms with Crippen LogP contribution >= 0.6 is 11.5 Å². The Hall–Kier alpha value is -2.01. The molecule has 1 aliphatic rings. The van der Waals surface area contributed by atoms with Gasteiger partial charge in [-0.05, 0) is 44.1 Å². The maximum atomic E-state index is 12.3. The van der Waals surface area contributed by atoms with Gasteiger partial charge in [0, 0.05) is 24.0 Å². The molecule has 3 rings (SSSR count). The Labute approximate surface area is 152 Å².